The van der Waals surface area contributed by atoms with E-state index in [1.165, 1.54) is 11.3 Å². The molecule has 0 atom stereocenters. The van der Waals surface area contributed by atoms with Crippen LogP contribution in [-0.4, -0.2) is 12.6 Å². The fourth-order valence-electron chi connectivity index (χ4n) is 2.95. The summed E-state index contributed by atoms with van der Waals surface area (Å²) in [7, 11) is 0. The van der Waals surface area contributed by atoms with Gasteiger partial charge in [0.15, 0.2) is 5.43 Å². The van der Waals surface area contributed by atoms with Gasteiger partial charge in [0.05, 0.1) is 17.6 Å². The summed E-state index contributed by atoms with van der Waals surface area (Å²) >= 11 is 3.08. The second-order valence-electron chi connectivity index (χ2n) is 5.91. The third-order valence-electron chi connectivity index (χ3n) is 4.13. The number of fused-ring (bicyclic) bond motifs is 2. The molecule has 0 radical (unpaired) electrons. The highest BCUT2D eigenvalue weighted by atomic mass is 32.2. The number of hydrogen-bond donors (Lipinski definition) is 0. The topological polar surface area (TPSA) is 43.4 Å². The molecular weight excluding hydrogens is 376 g/mol. The first-order chi connectivity index (χ1) is 13.2. The predicted molar refractivity (Wildman–Crippen MR) is 112 cm³/mol. The van der Waals surface area contributed by atoms with E-state index in [0.717, 1.165) is 19.2 Å². The Bertz CT molecular complexity index is 1200. The van der Waals surface area contributed by atoms with Gasteiger partial charge in [-0.2, -0.15) is 0 Å². The Labute approximate surface area is 164 Å². The van der Waals surface area contributed by atoms with Gasteiger partial charge in [-0.25, -0.2) is 4.79 Å². The van der Waals surface area contributed by atoms with Crippen LogP contribution in [0.25, 0.3) is 20.2 Å². The molecule has 0 fully saturated rings. The number of esters is 1. The van der Waals surface area contributed by atoms with E-state index < -0.39 is 5.97 Å². The highest BCUT2D eigenvalue weighted by Crippen LogP contribution is 2.34. The van der Waals surface area contributed by atoms with E-state index in [4.69, 9.17) is 4.74 Å². The molecule has 0 aliphatic rings. The Morgan fingerprint density at radius 2 is 1.70 bits per heavy atom. The van der Waals surface area contributed by atoms with Crippen molar-refractivity contribution in [3.05, 3.63) is 82.5 Å². The molecule has 0 unspecified atom stereocenters. The van der Waals surface area contributed by atoms with E-state index in [0.29, 0.717) is 16.3 Å². The molecular formula is C22H16O3S2. The molecule has 0 aliphatic carbocycles. The van der Waals surface area contributed by atoms with E-state index in [2.05, 4.69) is 0 Å². The molecule has 0 bridgehead atoms. The maximum Gasteiger partial charge on any atom is 0.338 e. The molecule has 0 saturated heterocycles. The molecule has 5 heteroatoms. The summed E-state index contributed by atoms with van der Waals surface area (Å²) in [5.74, 6) is -0.461. The molecule has 0 saturated carbocycles. The average Bonchev–Trinajstić information content (AvgIpc) is 2.68. The van der Waals surface area contributed by atoms with Gasteiger partial charge in [0, 0.05) is 24.6 Å². The Hall–Kier alpha value is -2.63. The standard InChI is InChI=1S/C22H16O3S2/c1-2-25-22(24)17-12-15(26-14-8-4-3-5-9-14)13-19-20(17)21(23)16-10-6-7-11-18(16)27-19/h3-13H,2H2,1H3. The molecule has 3 nitrogen and oxygen atoms in total. The molecule has 0 spiro atoms. The quantitative estimate of drug-likeness (QED) is 0.328. The van der Waals surface area contributed by atoms with Gasteiger partial charge < -0.3 is 4.74 Å². The number of ether oxygens (including phenoxy) is 1. The number of carbonyl (C=O) groups excluding carboxylic acids is 1. The van der Waals surface area contributed by atoms with E-state index in [1.54, 1.807) is 30.8 Å². The SMILES string of the molecule is CCOC(=O)c1cc(Sc2ccccc2)cc2sc3ccccc3c(=O)c12. The van der Waals surface area contributed by atoms with Crippen molar-refractivity contribution in [3.8, 4) is 0 Å². The largest absolute Gasteiger partial charge is 0.462 e. The maximum absolute atomic E-state index is 13.1. The zero-order valence-corrected chi connectivity index (χ0v) is 16.2. The Morgan fingerprint density at radius 3 is 2.48 bits per heavy atom. The number of hydrogen-bond acceptors (Lipinski definition) is 5. The fraction of sp³-hybridized carbons (Fsp3) is 0.0909. The van der Waals surface area contributed by atoms with Crippen LogP contribution in [0, 0.1) is 0 Å². The van der Waals surface area contributed by atoms with Crippen molar-refractivity contribution in [1.82, 2.24) is 0 Å². The lowest BCUT2D eigenvalue weighted by Crippen LogP contribution is -2.11. The zero-order valence-electron chi connectivity index (χ0n) is 14.6. The minimum absolute atomic E-state index is 0.126. The Morgan fingerprint density at radius 1 is 0.963 bits per heavy atom. The van der Waals surface area contributed by atoms with E-state index >= 15 is 0 Å². The third-order valence-corrected chi connectivity index (χ3v) is 6.23. The lowest BCUT2D eigenvalue weighted by Gasteiger charge is -2.10. The van der Waals surface area contributed by atoms with E-state index in [1.807, 2.05) is 54.6 Å². The van der Waals surface area contributed by atoms with Crippen LogP contribution in [0.1, 0.15) is 17.3 Å². The summed E-state index contributed by atoms with van der Waals surface area (Å²) in [6.45, 7) is 2.03. The highest BCUT2D eigenvalue weighted by Gasteiger charge is 2.18. The first kappa shape index (κ1) is 17.8. The Balaban J connectivity index is 1.98. The van der Waals surface area contributed by atoms with Crippen LogP contribution < -0.4 is 5.43 Å². The van der Waals surface area contributed by atoms with Gasteiger partial charge in [0.25, 0.3) is 0 Å². The van der Waals surface area contributed by atoms with Crippen molar-refractivity contribution >= 4 is 49.2 Å². The molecule has 1 aromatic heterocycles. The number of rotatable bonds is 4. The van der Waals surface area contributed by atoms with Crippen molar-refractivity contribution in [3.63, 3.8) is 0 Å². The van der Waals surface area contributed by atoms with Gasteiger partial charge in [-0.15, -0.1) is 11.3 Å². The molecule has 0 amide bonds. The van der Waals surface area contributed by atoms with Crippen molar-refractivity contribution in [1.29, 1.82) is 0 Å². The Kier molecular flexibility index (Phi) is 4.97. The second kappa shape index (κ2) is 7.55. The molecule has 0 N–H and O–H groups in total. The summed E-state index contributed by atoms with van der Waals surface area (Å²) in [6.07, 6.45) is 0. The van der Waals surface area contributed by atoms with Crippen molar-refractivity contribution in [2.45, 2.75) is 16.7 Å². The van der Waals surface area contributed by atoms with Crippen LogP contribution in [0.15, 0.2) is 81.3 Å². The first-order valence-electron chi connectivity index (χ1n) is 8.57. The van der Waals surface area contributed by atoms with Gasteiger partial charge in [0.2, 0.25) is 0 Å². The van der Waals surface area contributed by atoms with Crippen molar-refractivity contribution < 1.29 is 9.53 Å². The summed E-state index contributed by atoms with van der Waals surface area (Å²) in [4.78, 5) is 27.6. The molecule has 134 valence electrons. The monoisotopic (exact) mass is 392 g/mol. The van der Waals surface area contributed by atoms with Gasteiger partial charge in [0.1, 0.15) is 0 Å². The molecule has 1 heterocycles. The lowest BCUT2D eigenvalue weighted by atomic mass is 10.1. The van der Waals surface area contributed by atoms with Crippen LogP contribution in [0.5, 0.6) is 0 Å². The minimum Gasteiger partial charge on any atom is -0.462 e. The molecule has 3 aromatic carbocycles. The normalized spacial score (nSPS) is 11.0. The van der Waals surface area contributed by atoms with Crippen LogP contribution in [0.4, 0.5) is 0 Å². The van der Waals surface area contributed by atoms with E-state index in [-0.39, 0.29) is 12.0 Å². The zero-order chi connectivity index (χ0) is 18.8. The van der Waals surface area contributed by atoms with Gasteiger partial charge >= 0.3 is 5.97 Å². The smallest absolute Gasteiger partial charge is 0.338 e. The molecule has 4 aromatic rings. The first-order valence-corrected chi connectivity index (χ1v) is 10.2. The third kappa shape index (κ3) is 3.48. The molecule has 27 heavy (non-hydrogen) atoms. The summed E-state index contributed by atoms with van der Waals surface area (Å²) in [6, 6.07) is 21.2. The summed E-state index contributed by atoms with van der Waals surface area (Å²) in [5.41, 5.74) is 0.207. The number of carbonyl (C=O) groups is 1. The highest BCUT2D eigenvalue weighted by molar-refractivity contribution is 7.99. The minimum atomic E-state index is -0.461. The lowest BCUT2D eigenvalue weighted by molar-refractivity contribution is 0.0528. The summed E-state index contributed by atoms with van der Waals surface area (Å²) in [5, 5.41) is 1.07. The van der Waals surface area contributed by atoms with Crippen LogP contribution in [-0.2, 0) is 4.74 Å². The van der Waals surface area contributed by atoms with Crippen molar-refractivity contribution in [2.75, 3.05) is 6.61 Å². The van der Waals surface area contributed by atoms with Gasteiger partial charge in [-0.1, -0.05) is 42.1 Å². The fourth-order valence-corrected chi connectivity index (χ4v) is 5.09. The average molecular weight is 393 g/mol. The molecule has 4 rings (SSSR count). The number of benzene rings is 3. The van der Waals surface area contributed by atoms with Crippen LogP contribution in [0.2, 0.25) is 0 Å². The molecule has 0 aliphatic heterocycles. The van der Waals surface area contributed by atoms with Crippen LogP contribution in [0.3, 0.4) is 0 Å². The maximum atomic E-state index is 13.1. The van der Waals surface area contributed by atoms with Gasteiger partial charge in [-0.05, 0) is 43.3 Å². The van der Waals surface area contributed by atoms with Crippen LogP contribution >= 0.6 is 23.1 Å². The van der Waals surface area contributed by atoms with Crippen molar-refractivity contribution in [2.24, 2.45) is 0 Å². The summed E-state index contributed by atoms with van der Waals surface area (Å²) < 4.78 is 6.93. The van der Waals surface area contributed by atoms with E-state index in [9.17, 15) is 9.59 Å². The predicted octanol–water partition coefficient (Wildman–Crippen LogP) is 5.74. The van der Waals surface area contributed by atoms with Gasteiger partial charge in [-0.3, -0.25) is 4.79 Å². The second-order valence-corrected chi connectivity index (χ2v) is 8.14.